The van der Waals surface area contributed by atoms with Crippen LogP contribution in [0.1, 0.15) is 50.2 Å². The van der Waals surface area contributed by atoms with E-state index in [0.29, 0.717) is 0 Å². The van der Waals surface area contributed by atoms with E-state index in [0.717, 1.165) is 36.5 Å². The third-order valence-electron chi connectivity index (χ3n) is 5.17. The lowest BCUT2D eigenvalue weighted by Crippen LogP contribution is -2.39. The fourth-order valence-electron chi connectivity index (χ4n) is 3.74. The number of hydrogen-bond donors (Lipinski definition) is 0. The van der Waals surface area contributed by atoms with Gasteiger partial charge in [0.25, 0.3) is 0 Å². The lowest BCUT2D eigenvalue weighted by molar-refractivity contribution is 0.212. The minimum Gasteiger partial charge on any atom is -0.285 e. The Bertz CT molecular complexity index is 1020. The molecule has 0 saturated heterocycles. The maximum atomic E-state index is 4.49. The van der Waals surface area contributed by atoms with Gasteiger partial charge in [0.15, 0.2) is 5.82 Å². The molecule has 0 N–H and O–H groups in total. The van der Waals surface area contributed by atoms with Crippen molar-refractivity contribution in [3.63, 3.8) is 0 Å². The van der Waals surface area contributed by atoms with E-state index >= 15 is 0 Å². The zero-order valence-corrected chi connectivity index (χ0v) is 20.6. The summed E-state index contributed by atoms with van der Waals surface area (Å²) in [5.74, 6) is 4.12. The van der Waals surface area contributed by atoms with Gasteiger partial charge in [0, 0.05) is 39.9 Å². The summed E-state index contributed by atoms with van der Waals surface area (Å²) in [5.41, 5.74) is 4.32. The van der Waals surface area contributed by atoms with Crippen molar-refractivity contribution in [2.24, 2.45) is 0 Å². The molecule has 1 aliphatic heterocycles. The number of halogens is 1. The van der Waals surface area contributed by atoms with Crippen LogP contribution in [0, 0.1) is 11.2 Å². The summed E-state index contributed by atoms with van der Waals surface area (Å²) < 4.78 is 1.93. The SMILES string of the molecule is C=CC1=C(C=C)CN(C(c2ccccc2C#CSI)c2nnnn2C(C)(C)C)CC1. The molecule has 1 aliphatic rings. The van der Waals surface area contributed by atoms with Crippen molar-refractivity contribution in [2.75, 3.05) is 13.1 Å². The Balaban J connectivity index is 2.18. The summed E-state index contributed by atoms with van der Waals surface area (Å²) in [6, 6.07) is 8.16. The summed E-state index contributed by atoms with van der Waals surface area (Å²) >= 11 is 2.20. The molecule has 0 radical (unpaired) electrons. The third kappa shape index (κ3) is 4.88. The maximum Gasteiger partial charge on any atom is 0.173 e. The predicted octanol–water partition coefficient (Wildman–Crippen LogP) is 5.28. The van der Waals surface area contributed by atoms with Crippen molar-refractivity contribution >= 4 is 30.1 Å². The lowest BCUT2D eigenvalue weighted by Gasteiger charge is -2.36. The minimum atomic E-state index is -0.241. The first kappa shape index (κ1) is 22.8. The topological polar surface area (TPSA) is 46.8 Å². The van der Waals surface area contributed by atoms with Crippen molar-refractivity contribution in [2.45, 2.75) is 38.8 Å². The molecule has 1 atom stereocenters. The summed E-state index contributed by atoms with van der Waals surface area (Å²) in [4.78, 5) is 2.41. The van der Waals surface area contributed by atoms with Crippen molar-refractivity contribution in [3.8, 4) is 11.2 Å². The van der Waals surface area contributed by atoms with Crippen LogP contribution in [-0.2, 0) is 5.54 Å². The Hall–Kier alpha value is -1.89. The highest BCUT2D eigenvalue weighted by molar-refractivity contribution is 14.2. The van der Waals surface area contributed by atoms with E-state index in [4.69, 9.17) is 0 Å². The first-order valence-corrected chi connectivity index (χ1v) is 13.1. The molecule has 0 bridgehead atoms. The van der Waals surface area contributed by atoms with Gasteiger partial charge in [0.05, 0.1) is 11.6 Å². The average molecular weight is 531 g/mol. The zero-order valence-electron chi connectivity index (χ0n) is 17.6. The molecule has 2 aromatic rings. The Kier molecular flexibility index (Phi) is 7.55. The fourth-order valence-corrected chi connectivity index (χ4v) is 4.22. The van der Waals surface area contributed by atoms with Gasteiger partial charge in [-0.3, -0.25) is 4.90 Å². The molecule has 1 aromatic carbocycles. The van der Waals surface area contributed by atoms with Gasteiger partial charge < -0.3 is 0 Å². The molecule has 156 valence electrons. The Labute approximate surface area is 195 Å². The second-order valence-electron chi connectivity index (χ2n) is 8.09. The Morgan fingerprint density at radius 3 is 2.60 bits per heavy atom. The van der Waals surface area contributed by atoms with Gasteiger partial charge in [-0.25, -0.2) is 4.68 Å². The highest BCUT2D eigenvalue weighted by Gasteiger charge is 2.34. The highest BCUT2D eigenvalue weighted by Crippen LogP contribution is 2.35. The molecule has 0 spiro atoms. The Morgan fingerprint density at radius 2 is 1.93 bits per heavy atom. The number of tetrazole rings is 1. The molecule has 0 amide bonds. The number of nitrogens with zero attached hydrogens (tertiary/aromatic N) is 5. The first-order chi connectivity index (χ1) is 14.4. The van der Waals surface area contributed by atoms with E-state index in [1.165, 1.54) is 20.1 Å². The number of hydrogen-bond acceptors (Lipinski definition) is 5. The number of allylic oxidation sites excluding steroid dienone is 1. The smallest absolute Gasteiger partial charge is 0.173 e. The monoisotopic (exact) mass is 531 g/mol. The van der Waals surface area contributed by atoms with E-state index in [1.807, 2.05) is 22.9 Å². The van der Waals surface area contributed by atoms with Crippen LogP contribution in [-0.4, -0.2) is 38.2 Å². The van der Waals surface area contributed by atoms with E-state index in [2.05, 4.69) is 105 Å². The van der Waals surface area contributed by atoms with E-state index in [9.17, 15) is 0 Å². The molecule has 7 heteroatoms. The van der Waals surface area contributed by atoms with Crippen molar-refractivity contribution < 1.29 is 0 Å². The van der Waals surface area contributed by atoms with E-state index < -0.39 is 0 Å². The molecule has 30 heavy (non-hydrogen) atoms. The van der Waals surface area contributed by atoms with Gasteiger partial charge in [-0.2, -0.15) is 0 Å². The summed E-state index contributed by atoms with van der Waals surface area (Å²) in [6.45, 7) is 16.0. The molecule has 0 saturated carbocycles. The fraction of sp³-hybridized carbons (Fsp3) is 0.348. The molecule has 0 fully saturated rings. The molecule has 1 aromatic heterocycles. The molecular weight excluding hydrogens is 505 g/mol. The normalized spacial score (nSPS) is 16.0. The van der Waals surface area contributed by atoms with Crippen LogP contribution < -0.4 is 0 Å². The summed E-state index contributed by atoms with van der Waals surface area (Å²) in [6.07, 6.45) is 4.79. The molecule has 5 nitrogen and oxygen atoms in total. The molecule has 2 heterocycles. The van der Waals surface area contributed by atoms with Gasteiger partial charge in [-0.05, 0) is 74.6 Å². The van der Waals surface area contributed by atoms with Crippen LogP contribution in [0.4, 0.5) is 0 Å². The van der Waals surface area contributed by atoms with Crippen LogP contribution in [0.2, 0.25) is 0 Å². The van der Waals surface area contributed by atoms with Gasteiger partial charge in [-0.15, -0.1) is 5.10 Å². The standard InChI is InChI=1S/C23H26IN5S/c1-6-17-12-14-28(16-18(17)7-2)21(22-25-26-27-29(22)23(3,4)5)20-11-9-8-10-19(20)13-15-30-24/h6-11,21H,1-2,12,14,16H2,3-5H3. The maximum absolute atomic E-state index is 4.49. The van der Waals surface area contributed by atoms with Crippen LogP contribution in [0.3, 0.4) is 0 Å². The average Bonchev–Trinajstić information content (AvgIpc) is 3.23. The quantitative estimate of drug-likeness (QED) is 0.388. The molecule has 0 aliphatic carbocycles. The van der Waals surface area contributed by atoms with Crippen molar-refractivity contribution in [1.82, 2.24) is 25.1 Å². The van der Waals surface area contributed by atoms with Crippen LogP contribution >= 0.6 is 30.1 Å². The van der Waals surface area contributed by atoms with Gasteiger partial charge in [0.2, 0.25) is 0 Å². The predicted molar refractivity (Wildman–Crippen MR) is 133 cm³/mol. The lowest BCUT2D eigenvalue weighted by atomic mass is 9.93. The van der Waals surface area contributed by atoms with Crippen LogP contribution in [0.15, 0.2) is 60.7 Å². The first-order valence-electron chi connectivity index (χ1n) is 9.78. The largest absolute Gasteiger partial charge is 0.285 e. The summed E-state index contributed by atoms with van der Waals surface area (Å²) in [7, 11) is 1.48. The number of aromatic nitrogens is 4. The van der Waals surface area contributed by atoms with Crippen LogP contribution in [0.25, 0.3) is 0 Å². The van der Waals surface area contributed by atoms with Crippen molar-refractivity contribution in [1.29, 1.82) is 0 Å². The van der Waals surface area contributed by atoms with Crippen LogP contribution in [0.5, 0.6) is 0 Å². The van der Waals surface area contributed by atoms with Gasteiger partial charge in [0.1, 0.15) is 0 Å². The van der Waals surface area contributed by atoms with Gasteiger partial charge in [-0.1, -0.05) is 49.4 Å². The molecule has 1 unspecified atom stereocenters. The molecule has 3 rings (SSSR count). The van der Waals surface area contributed by atoms with E-state index in [1.54, 1.807) is 0 Å². The summed E-state index contributed by atoms with van der Waals surface area (Å²) in [5, 5.41) is 16.0. The van der Waals surface area contributed by atoms with Gasteiger partial charge >= 0.3 is 0 Å². The number of benzene rings is 1. The second kappa shape index (κ2) is 9.94. The zero-order chi connectivity index (χ0) is 21.7. The minimum absolute atomic E-state index is 0.120. The van der Waals surface area contributed by atoms with Crippen molar-refractivity contribution in [3.05, 3.63) is 77.7 Å². The van der Waals surface area contributed by atoms with E-state index in [-0.39, 0.29) is 11.6 Å². The second-order valence-corrected chi connectivity index (χ2v) is 9.77. The molecular formula is C23H26IN5S. The third-order valence-corrected chi connectivity index (χ3v) is 6.01. The number of rotatable bonds is 5. The Morgan fingerprint density at radius 1 is 1.20 bits per heavy atom. The highest BCUT2D eigenvalue weighted by atomic mass is 127.